The molecule has 0 saturated carbocycles. The molecule has 21 heavy (non-hydrogen) atoms. The minimum absolute atomic E-state index is 0.0737. The van der Waals surface area contributed by atoms with E-state index >= 15 is 0 Å². The van der Waals surface area contributed by atoms with Gasteiger partial charge in [0, 0.05) is 18.4 Å². The highest BCUT2D eigenvalue weighted by atomic mass is 19.4. The number of carbonyl (C=O) groups is 2. The van der Waals surface area contributed by atoms with Crippen LogP contribution in [0.4, 0.5) is 13.2 Å². The van der Waals surface area contributed by atoms with Gasteiger partial charge in [-0.25, -0.2) is 0 Å². The van der Waals surface area contributed by atoms with Gasteiger partial charge >= 0.3 is 12.1 Å². The predicted molar refractivity (Wildman–Crippen MR) is 67.9 cm³/mol. The second-order valence-corrected chi connectivity index (χ2v) is 4.83. The zero-order valence-corrected chi connectivity index (χ0v) is 10.8. The van der Waals surface area contributed by atoms with E-state index in [4.69, 9.17) is 11.5 Å². The molecule has 1 aliphatic rings. The highest BCUT2D eigenvalue weighted by Gasteiger charge is 2.38. The SMILES string of the molecule is C#CCc1cc2c(cc1C(F)(F)F)C(=O)CCC2C(=O)O. The smallest absolute Gasteiger partial charge is 0.416 e. The van der Waals surface area contributed by atoms with Crippen molar-refractivity contribution in [3.63, 3.8) is 0 Å². The number of hydrogen-bond acceptors (Lipinski definition) is 2. The summed E-state index contributed by atoms with van der Waals surface area (Å²) in [5.41, 5.74) is -1.19. The lowest BCUT2D eigenvalue weighted by atomic mass is 9.79. The van der Waals surface area contributed by atoms with Crippen molar-refractivity contribution in [2.45, 2.75) is 31.4 Å². The lowest BCUT2D eigenvalue weighted by molar-refractivity contribution is -0.139. The van der Waals surface area contributed by atoms with Crippen molar-refractivity contribution in [3.8, 4) is 12.3 Å². The number of rotatable bonds is 2. The van der Waals surface area contributed by atoms with Crippen LogP contribution in [0.25, 0.3) is 0 Å². The Balaban J connectivity index is 2.69. The fraction of sp³-hybridized carbons (Fsp3) is 0.333. The van der Waals surface area contributed by atoms with Gasteiger partial charge in [-0.2, -0.15) is 13.2 Å². The number of aliphatic carboxylic acids is 1. The Hall–Kier alpha value is -2.29. The molecule has 1 atom stereocenters. The molecule has 1 aromatic rings. The maximum Gasteiger partial charge on any atom is 0.416 e. The summed E-state index contributed by atoms with van der Waals surface area (Å²) in [6, 6.07) is 1.85. The van der Waals surface area contributed by atoms with Gasteiger partial charge in [0.15, 0.2) is 5.78 Å². The van der Waals surface area contributed by atoms with E-state index in [0.29, 0.717) is 0 Å². The highest BCUT2D eigenvalue weighted by molar-refractivity contribution is 6.01. The van der Waals surface area contributed by atoms with Crippen LogP contribution in [0.5, 0.6) is 0 Å². The summed E-state index contributed by atoms with van der Waals surface area (Å²) < 4.78 is 39.1. The average molecular weight is 296 g/mol. The maximum absolute atomic E-state index is 13.0. The molecule has 0 amide bonds. The molecule has 0 heterocycles. The predicted octanol–water partition coefficient (Wildman–Crippen LogP) is 3.03. The monoisotopic (exact) mass is 296 g/mol. The second-order valence-electron chi connectivity index (χ2n) is 4.83. The number of carboxylic acids is 1. The molecular formula is C15H11F3O3. The minimum atomic E-state index is -4.64. The number of fused-ring (bicyclic) bond motifs is 1. The number of terminal acetylenes is 1. The first-order chi connectivity index (χ1) is 9.75. The molecule has 1 aliphatic carbocycles. The summed E-state index contributed by atoms with van der Waals surface area (Å²) in [6.07, 6.45) is 0.165. The number of Topliss-reactive ketones (excluding diaryl/α,β-unsaturated/α-hetero) is 1. The van der Waals surface area contributed by atoms with E-state index in [1.165, 1.54) is 0 Å². The van der Waals surface area contributed by atoms with Crippen LogP contribution in [0.15, 0.2) is 12.1 Å². The lowest BCUT2D eigenvalue weighted by Crippen LogP contribution is -2.23. The standard InChI is InChI=1S/C15H11F3O3/c1-2-3-8-6-10-9(14(20)21)4-5-13(19)11(10)7-12(8)15(16,17)18/h1,6-7,9H,3-5H2,(H,20,21). The molecule has 6 heteroatoms. The first-order valence-electron chi connectivity index (χ1n) is 6.19. The largest absolute Gasteiger partial charge is 0.481 e. The number of ketones is 1. The summed E-state index contributed by atoms with van der Waals surface area (Å²) >= 11 is 0. The van der Waals surface area contributed by atoms with Crippen molar-refractivity contribution in [2.24, 2.45) is 0 Å². The van der Waals surface area contributed by atoms with Gasteiger partial charge in [0.2, 0.25) is 0 Å². The summed E-state index contributed by atoms with van der Waals surface area (Å²) in [5.74, 6) is -0.478. The van der Waals surface area contributed by atoms with Gasteiger partial charge in [-0.05, 0) is 23.6 Å². The molecule has 0 spiro atoms. The van der Waals surface area contributed by atoms with E-state index in [9.17, 15) is 22.8 Å². The molecular weight excluding hydrogens is 285 g/mol. The number of benzene rings is 1. The van der Waals surface area contributed by atoms with Gasteiger partial charge in [0.25, 0.3) is 0 Å². The average Bonchev–Trinajstić information content (AvgIpc) is 2.37. The number of halogens is 3. The third-order valence-corrected chi connectivity index (χ3v) is 3.51. The minimum Gasteiger partial charge on any atom is -0.481 e. The van der Waals surface area contributed by atoms with Crippen molar-refractivity contribution in [1.29, 1.82) is 0 Å². The van der Waals surface area contributed by atoms with Crippen LogP contribution in [-0.2, 0) is 17.4 Å². The van der Waals surface area contributed by atoms with E-state index in [1.807, 2.05) is 0 Å². The molecule has 3 nitrogen and oxygen atoms in total. The van der Waals surface area contributed by atoms with Crippen molar-refractivity contribution < 1.29 is 27.9 Å². The summed E-state index contributed by atoms with van der Waals surface area (Å²) in [7, 11) is 0. The van der Waals surface area contributed by atoms with Crippen LogP contribution in [-0.4, -0.2) is 16.9 Å². The third kappa shape index (κ3) is 2.77. The van der Waals surface area contributed by atoms with Crippen molar-refractivity contribution in [3.05, 3.63) is 34.4 Å². The Kier molecular flexibility index (Phi) is 3.77. The van der Waals surface area contributed by atoms with Gasteiger partial charge in [0.05, 0.1) is 11.5 Å². The molecule has 110 valence electrons. The fourth-order valence-corrected chi connectivity index (χ4v) is 2.54. The molecule has 0 aliphatic heterocycles. The van der Waals surface area contributed by atoms with E-state index in [-0.39, 0.29) is 36.0 Å². The molecule has 1 aromatic carbocycles. The van der Waals surface area contributed by atoms with E-state index < -0.39 is 29.4 Å². The normalized spacial score (nSPS) is 18.0. The van der Waals surface area contributed by atoms with Gasteiger partial charge in [-0.15, -0.1) is 12.3 Å². The Morgan fingerprint density at radius 2 is 2.10 bits per heavy atom. The molecule has 0 fully saturated rings. The zero-order valence-electron chi connectivity index (χ0n) is 10.8. The summed E-state index contributed by atoms with van der Waals surface area (Å²) in [6.45, 7) is 0. The van der Waals surface area contributed by atoms with Crippen molar-refractivity contribution in [2.75, 3.05) is 0 Å². The topological polar surface area (TPSA) is 54.4 Å². The van der Waals surface area contributed by atoms with Crippen LogP contribution in [0.2, 0.25) is 0 Å². The van der Waals surface area contributed by atoms with E-state index in [0.717, 1.165) is 12.1 Å². The van der Waals surface area contributed by atoms with E-state index in [1.54, 1.807) is 0 Å². The van der Waals surface area contributed by atoms with Crippen LogP contribution in [0.3, 0.4) is 0 Å². The number of alkyl halides is 3. The van der Waals surface area contributed by atoms with Crippen LogP contribution in [0.1, 0.15) is 45.8 Å². The van der Waals surface area contributed by atoms with Crippen LogP contribution < -0.4 is 0 Å². The first-order valence-corrected chi connectivity index (χ1v) is 6.19. The molecule has 1 N–H and O–H groups in total. The van der Waals surface area contributed by atoms with Gasteiger partial charge in [-0.3, -0.25) is 9.59 Å². The van der Waals surface area contributed by atoms with Crippen molar-refractivity contribution >= 4 is 11.8 Å². The number of hydrogen-bond donors (Lipinski definition) is 1. The Morgan fingerprint density at radius 1 is 1.43 bits per heavy atom. The Bertz CT molecular complexity index is 653. The second kappa shape index (κ2) is 5.24. The van der Waals surface area contributed by atoms with Gasteiger partial charge < -0.3 is 5.11 Å². The molecule has 0 saturated heterocycles. The molecule has 0 aromatic heterocycles. The third-order valence-electron chi connectivity index (χ3n) is 3.51. The zero-order chi connectivity index (χ0) is 15.8. The highest BCUT2D eigenvalue weighted by Crippen LogP contribution is 2.39. The molecule has 1 unspecified atom stereocenters. The summed E-state index contributed by atoms with van der Waals surface area (Å²) in [5, 5.41) is 9.15. The van der Waals surface area contributed by atoms with Gasteiger partial charge in [-0.1, -0.05) is 6.07 Å². The van der Waals surface area contributed by atoms with Crippen LogP contribution >= 0.6 is 0 Å². The molecule has 0 bridgehead atoms. The quantitative estimate of drug-likeness (QED) is 0.853. The first kappa shape index (κ1) is 15.1. The Morgan fingerprint density at radius 3 is 2.62 bits per heavy atom. The number of carboxylic acid groups (broad SMARTS) is 1. The van der Waals surface area contributed by atoms with E-state index in [2.05, 4.69) is 5.92 Å². The number of carbonyl (C=O) groups excluding carboxylic acids is 1. The fourth-order valence-electron chi connectivity index (χ4n) is 2.54. The van der Waals surface area contributed by atoms with Crippen LogP contribution in [0, 0.1) is 12.3 Å². The maximum atomic E-state index is 13.0. The van der Waals surface area contributed by atoms with Gasteiger partial charge in [0.1, 0.15) is 0 Å². The molecule has 0 radical (unpaired) electrons. The molecule has 2 rings (SSSR count). The summed E-state index contributed by atoms with van der Waals surface area (Å²) in [4.78, 5) is 23.0. The van der Waals surface area contributed by atoms with Crippen molar-refractivity contribution in [1.82, 2.24) is 0 Å². The lowest BCUT2D eigenvalue weighted by Gasteiger charge is -2.24. The Labute approximate surface area is 118 Å².